The molecule has 1 aliphatic carbocycles. The number of likely N-dealkylation sites (tertiary alicyclic amines) is 1. The molecular formula is C21H32N2O. The lowest BCUT2D eigenvalue weighted by atomic mass is 10.0. The predicted molar refractivity (Wildman–Crippen MR) is 98.9 cm³/mol. The van der Waals surface area contributed by atoms with E-state index in [9.17, 15) is 4.79 Å². The Hall–Kier alpha value is -1.35. The van der Waals surface area contributed by atoms with E-state index in [-0.39, 0.29) is 0 Å². The van der Waals surface area contributed by atoms with Crippen molar-refractivity contribution in [1.29, 1.82) is 0 Å². The molecule has 1 heterocycles. The van der Waals surface area contributed by atoms with Gasteiger partial charge in [0.05, 0.1) is 6.54 Å². The molecule has 1 saturated heterocycles. The monoisotopic (exact) mass is 328 g/mol. The normalized spacial score (nSPS) is 21.5. The minimum Gasteiger partial charge on any atom is -0.341 e. The number of hydrogen-bond donors (Lipinski definition) is 0. The van der Waals surface area contributed by atoms with Gasteiger partial charge in [-0.15, -0.1) is 0 Å². The van der Waals surface area contributed by atoms with Gasteiger partial charge in [-0.25, -0.2) is 0 Å². The predicted octanol–water partition coefficient (Wildman–Crippen LogP) is 4.03. The standard InChI is InChI=1S/C21H32N2O/c1-16(2)19-8-6-18(7-9-19)14-23(20-10-11-20)15-21(24)22-12-4-5-17(3)13-22/h6-9,16-17,20H,4-5,10-15H2,1-3H3. The van der Waals surface area contributed by atoms with Gasteiger partial charge < -0.3 is 4.90 Å². The summed E-state index contributed by atoms with van der Waals surface area (Å²) >= 11 is 0. The Kier molecular flexibility index (Phi) is 5.60. The Morgan fingerprint density at radius 3 is 2.50 bits per heavy atom. The largest absolute Gasteiger partial charge is 0.341 e. The van der Waals surface area contributed by atoms with E-state index < -0.39 is 0 Å². The van der Waals surface area contributed by atoms with E-state index >= 15 is 0 Å². The van der Waals surface area contributed by atoms with Gasteiger partial charge in [0.15, 0.2) is 0 Å². The molecule has 2 fully saturated rings. The molecule has 1 unspecified atom stereocenters. The van der Waals surface area contributed by atoms with Gasteiger partial charge in [0, 0.05) is 25.7 Å². The van der Waals surface area contributed by atoms with Crippen molar-refractivity contribution in [3.63, 3.8) is 0 Å². The second-order valence-electron chi connectivity index (χ2n) is 8.12. The van der Waals surface area contributed by atoms with Crippen LogP contribution in [0.15, 0.2) is 24.3 Å². The van der Waals surface area contributed by atoms with Gasteiger partial charge in [-0.05, 0) is 48.6 Å². The van der Waals surface area contributed by atoms with Gasteiger partial charge in [-0.2, -0.15) is 0 Å². The highest BCUT2D eigenvalue weighted by Crippen LogP contribution is 2.29. The summed E-state index contributed by atoms with van der Waals surface area (Å²) in [4.78, 5) is 17.2. The van der Waals surface area contributed by atoms with Gasteiger partial charge in [0.25, 0.3) is 0 Å². The van der Waals surface area contributed by atoms with Crippen molar-refractivity contribution in [2.75, 3.05) is 19.6 Å². The van der Waals surface area contributed by atoms with Crippen LogP contribution in [0.5, 0.6) is 0 Å². The van der Waals surface area contributed by atoms with Crippen LogP contribution in [0, 0.1) is 5.92 Å². The molecule has 132 valence electrons. The van der Waals surface area contributed by atoms with Crippen LogP contribution in [0.4, 0.5) is 0 Å². The fourth-order valence-corrected chi connectivity index (χ4v) is 3.69. The molecule has 0 bridgehead atoms. The number of hydrogen-bond acceptors (Lipinski definition) is 2. The van der Waals surface area contributed by atoms with Crippen molar-refractivity contribution in [2.24, 2.45) is 5.92 Å². The fourth-order valence-electron chi connectivity index (χ4n) is 3.69. The van der Waals surface area contributed by atoms with Gasteiger partial charge in [0.1, 0.15) is 0 Å². The van der Waals surface area contributed by atoms with Crippen LogP contribution in [0.25, 0.3) is 0 Å². The average Bonchev–Trinajstić information content (AvgIpc) is 3.39. The Bertz CT molecular complexity index is 547. The van der Waals surface area contributed by atoms with Crippen LogP contribution in [-0.2, 0) is 11.3 Å². The van der Waals surface area contributed by atoms with E-state index in [2.05, 4.69) is 54.8 Å². The molecule has 3 rings (SSSR count). The first-order valence-electron chi connectivity index (χ1n) is 9.63. The van der Waals surface area contributed by atoms with Crippen molar-refractivity contribution in [3.05, 3.63) is 35.4 Å². The summed E-state index contributed by atoms with van der Waals surface area (Å²) in [6, 6.07) is 9.55. The SMILES string of the molecule is CC1CCCN(C(=O)CN(Cc2ccc(C(C)C)cc2)C2CC2)C1. The maximum Gasteiger partial charge on any atom is 0.236 e. The van der Waals surface area contributed by atoms with Crippen LogP contribution in [0.1, 0.15) is 63.5 Å². The highest BCUT2D eigenvalue weighted by molar-refractivity contribution is 5.78. The maximum atomic E-state index is 12.7. The first-order valence-corrected chi connectivity index (χ1v) is 9.63. The third-order valence-corrected chi connectivity index (χ3v) is 5.44. The summed E-state index contributed by atoms with van der Waals surface area (Å²) in [6.45, 7) is 10.1. The molecule has 0 aromatic heterocycles. The van der Waals surface area contributed by atoms with E-state index in [0.717, 1.165) is 26.1 Å². The molecule has 0 N–H and O–H groups in total. The number of carbonyl (C=O) groups excluding carboxylic acids is 1. The zero-order valence-corrected chi connectivity index (χ0v) is 15.5. The third kappa shape index (κ3) is 4.60. The summed E-state index contributed by atoms with van der Waals surface area (Å²) < 4.78 is 0. The number of piperidine rings is 1. The Morgan fingerprint density at radius 1 is 1.21 bits per heavy atom. The number of carbonyl (C=O) groups is 1. The minimum absolute atomic E-state index is 0.326. The lowest BCUT2D eigenvalue weighted by Crippen LogP contribution is -2.45. The van der Waals surface area contributed by atoms with Crippen LogP contribution in [0.2, 0.25) is 0 Å². The summed E-state index contributed by atoms with van der Waals surface area (Å²) in [7, 11) is 0. The zero-order chi connectivity index (χ0) is 17.1. The maximum absolute atomic E-state index is 12.7. The van der Waals surface area contributed by atoms with Crippen molar-refractivity contribution in [2.45, 2.75) is 65.0 Å². The molecule has 1 saturated carbocycles. The smallest absolute Gasteiger partial charge is 0.236 e. The number of amides is 1. The average molecular weight is 329 g/mol. The molecule has 1 atom stereocenters. The zero-order valence-electron chi connectivity index (χ0n) is 15.5. The minimum atomic E-state index is 0.326. The fraction of sp³-hybridized carbons (Fsp3) is 0.667. The molecule has 1 amide bonds. The topological polar surface area (TPSA) is 23.6 Å². The van der Waals surface area contributed by atoms with Crippen molar-refractivity contribution >= 4 is 5.91 Å². The summed E-state index contributed by atoms with van der Waals surface area (Å²) in [5, 5.41) is 0. The second kappa shape index (κ2) is 7.69. The Morgan fingerprint density at radius 2 is 1.92 bits per heavy atom. The lowest BCUT2D eigenvalue weighted by molar-refractivity contribution is -0.134. The quantitative estimate of drug-likeness (QED) is 0.787. The third-order valence-electron chi connectivity index (χ3n) is 5.44. The van der Waals surface area contributed by atoms with Crippen molar-refractivity contribution in [1.82, 2.24) is 9.80 Å². The van der Waals surface area contributed by atoms with E-state index in [4.69, 9.17) is 0 Å². The Labute approximate surface area is 147 Å². The van der Waals surface area contributed by atoms with Gasteiger partial charge in [-0.3, -0.25) is 9.69 Å². The van der Waals surface area contributed by atoms with Gasteiger partial charge in [0.2, 0.25) is 5.91 Å². The molecule has 1 aliphatic heterocycles. The lowest BCUT2D eigenvalue weighted by Gasteiger charge is -2.33. The van der Waals surface area contributed by atoms with Crippen molar-refractivity contribution < 1.29 is 4.79 Å². The van der Waals surface area contributed by atoms with Crippen molar-refractivity contribution in [3.8, 4) is 0 Å². The molecule has 3 nitrogen and oxygen atoms in total. The van der Waals surface area contributed by atoms with Crippen LogP contribution in [0.3, 0.4) is 0 Å². The summed E-state index contributed by atoms with van der Waals surface area (Å²) in [5.74, 6) is 1.55. The molecule has 0 radical (unpaired) electrons. The highest BCUT2D eigenvalue weighted by atomic mass is 16.2. The summed E-state index contributed by atoms with van der Waals surface area (Å²) in [5.41, 5.74) is 2.71. The Balaban J connectivity index is 1.59. The van der Waals surface area contributed by atoms with Crippen LogP contribution in [-0.4, -0.2) is 41.4 Å². The highest BCUT2D eigenvalue weighted by Gasteiger charge is 2.32. The van der Waals surface area contributed by atoms with E-state index in [1.807, 2.05) is 0 Å². The first kappa shape index (κ1) is 17.5. The molecule has 0 spiro atoms. The van der Waals surface area contributed by atoms with Crippen LogP contribution >= 0.6 is 0 Å². The van der Waals surface area contributed by atoms with E-state index in [1.165, 1.54) is 30.4 Å². The van der Waals surface area contributed by atoms with Gasteiger partial charge in [-0.1, -0.05) is 45.0 Å². The molecule has 1 aromatic rings. The van der Waals surface area contributed by atoms with Crippen LogP contribution < -0.4 is 0 Å². The number of nitrogens with zero attached hydrogens (tertiary/aromatic N) is 2. The molecule has 3 heteroatoms. The van der Waals surface area contributed by atoms with E-state index in [1.54, 1.807) is 0 Å². The number of benzene rings is 1. The molecular weight excluding hydrogens is 296 g/mol. The molecule has 1 aromatic carbocycles. The molecule has 24 heavy (non-hydrogen) atoms. The number of rotatable bonds is 6. The van der Waals surface area contributed by atoms with E-state index in [0.29, 0.717) is 30.3 Å². The second-order valence-corrected chi connectivity index (χ2v) is 8.12. The first-order chi connectivity index (χ1) is 11.5. The molecule has 2 aliphatic rings. The van der Waals surface area contributed by atoms with Gasteiger partial charge >= 0.3 is 0 Å². The summed E-state index contributed by atoms with van der Waals surface area (Å²) in [6.07, 6.45) is 4.91.